The topological polar surface area (TPSA) is 71.0 Å². The standard InChI is InChI=1S/C15H20N2O4/c1-17-7-10-12-9(4-5-11(20-2)13(12)21-3)6-16-15(10,8-17)14(18)19/h4-5,10,16H,6-8H2,1-3H3,(H,18,19)/t10-,15+/m1/s1. The summed E-state index contributed by atoms with van der Waals surface area (Å²) in [6.45, 7) is 1.68. The molecule has 0 unspecified atom stereocenters. The molecule has 114 valence electrons. The van der Waals surface area contributed by atoms with E-state index in [0.717, 1.165) is 11.1 Å². The molecule has 2 aliphatic rings. The van der Waals surface area contributed by atoms with Crippen molar-refractivity contribution in [2.75, 3.05) is 34.4 Å². The number of carboxylic acid groups (broad SMARTS) is 1. The third-order valence-corrected chi connectivity index (χ3v) is 4.61. The highest BCUT2D eigenvalue weighted by Gasteiger charge is 2.55. The molecule has 1 saturated heterocycles. The van der Waals surface area contributed by atoms with E-state index in [9.17, 15) is 9.90 Å². The Kier molecular flexibility index (Phi) is 3.30. The molecule has 2 atom stereocenters. The molecule has 0 bridgehead atoms. The molecule has 3 rings (SSSR count). The lowest BCUT2D eigenvalue weighted by atomic mass is 9.76. The van der Waals surface area contributed by atoms with Gasteiger partial charge < -0.3 is 19.5 Å². The minimum absolute atomic E-state index is 0.159. The zero-order chi connectivity index (χ0) is 15.2. The van der Waals surface area contributed by atoms with Crippen LogP contribution in [0.2, 0.25) is 0 Å². The molecule has 1 aromatic carbocycles. The van der Waals surface area contributed by atoms with Crippen molar-refractivity contribution in [3.05, 3.63) is 23.3 Å². The largest absolute Gasteiger partial charge is 0.493 e. The lowest BCUT2D eigenvalue weighted by Gasteiger charge is -2.38. The number of hydrogen-bond acceptors (Lipinski definition) is 5. The summed E-state index contributed by atoms with van der Waals surface area (Å²) in [5.41, 5.74) is 1.08. The molecule has 6 nitrogen and oxygen atoms in total. The van der Waals surface area contributed by atoms with Gasteiger partial charge in [0.2, 0.25) is 0 Å². The van der Waals surface area contributed by atoms with E-state index in [1.165, 1.54) is 0 Å². The van der Waals surface area contributed by atoms with Crippen molar-refractivity contribution in [1.29, 1.82) is 0 Å². The van der Waals surface area contributed by atoms with Gasteiger partial charge in [-0.25, -0.2) is 0 Å². The maximum absolute atomic E-state index is 11.9. The molecule has 1 fully saturated rings. The van der Waals surface area contributed by atoms with Gasteiger partial charge in [0.05, 0.1) is 14.2 Å². The molecule has 6 heteroatoms. The van der Waals surface area contributed by atoms with Crippen molar-refractivity contribution >= 4 is 5.97 Å². The summed E-state index contributed by atoms with van der Waals surface area (Å²) < 4.78 is 10.9. The van der Waals surface area contributed by atoms with Gasteiger partial charge in [-0.2, -0.15) is 0 Å². The van der Waals surface area contributed by atoms with Crippen molar-refractivity contribution in [1.82, 2.24) is 10.2 Å². The van der Waals surface area contributed by atoms with Crippen LogP contribution in [0.25, 0.3) is 0 Å². The fraction of sp³-hybridized carbons (Fsp3) is 0.533. The number of benzene rings is 1. The molecule has 0 amide bonds. The number of nitrogens with zero attached hydrogens (tertiary/aromatic N) is 1. The van der Waals surface area contributed by atoms with E-state index >= 15 is 0 Å². The Bertz CT molecular complexity index is 589. The van der Waals surface area contributed by atoms with Gasteiger partial charge in [0.1, 0.15) is 5.54 Å². The van der Waals surface area contributed by atoms with E-state index in [2.05, 4.69) is 5.32 Å². The summed E-state index contributed by atoms with van der Waals surface area (Å²) in [6.07, 6.45) is 0. The van der Waals surface area contributed by atoms with E-state index in [-0.39, 0.29) is 5.92 Å². The van der Waals surface area contributed by atoms with Gasteiger partial charge in [-0.15, -0.1) is 0 Å². The maximum Gasteiger partial charge on any atom is 0.325 e. The third kappa shape index (κ3) is 1.90. The second kappa shape index (κ2) is 4.89. The van der Waals surface area contributed by atoms with Gasteiger partial charge in [-0.3, -0.25) is 10.1 Å². The second-order valence-electron chi connectivity index (χ2n) is 5.75. The summed E-state index contributed by atoms with van der Waals surface area (Å²) in [7, 11) is 5.13. The first kappa shape index (κ1) is 14.2. The summed E-state index contributed by atoms with van der Waals surface area (Å²) in [4.78, 5) is 13.9. The van der Waals surface area contributed by atoms with Crippen LogP contribution in [0.1, 0.15) is 17.0 Å². The number of carboxylic acids is 1. The van der Waals surface area contributed by atoms with Crippen LogP contribution in [-0.2, 0) is 11.3 Å². The minimum atomic E-state index is -0.957. The van der Waals surface area contributed by atoms with Gasteiger partial charge in [-0.05, 0) is 18.7 Å². The monoisotopic (exact) mass is 292 g/mol. The van der Waals surface area contributed by atoms with Crippen LogP contribution in [0, 0.1) is 0 Å². The van der Waals surface area contributed by atoms with Crippen LogP contribution in [-0.4, -0.2) is 55.9 Å². The Hall–Kier alpha value is -1.79. The number of ether oxygens (including phenoxy) is 2. The number of fused-ring (bicyclic) bond motifs is 3. The summed E-state index contributed by atoms with van der Waals surface area (Å²) in [6, 6.07) is 3.85. The Labute approximate surface area is 123 Å². The molecular formula is C15H20N2O4. The molecule has 0 aliphatic carbocycles. The van der Waals surface area contributed by atoms with Gasteiger partial charge in [0.25, 0.3) is 0 Å². The van der Waals surface area contributed by atoms with E-state index in [0.29, 0.717) is 31.1 Å². The van der Waals surface area contributed by atoms with Crippen LogP contribution >= 0.6 is 0 Å². The molecule has 0 spiro atoms. The first-order valence-electron chi connectivity index (χ1n) is 6.94. The number of aliphatic carboxylic acids is 1. The van der Waals surface area contributed by atoms with Gasteiger partial charge in [0.15, 0.2) is 11.5 Å². The quantitative estimate of drug-likeness (QED) is 0.853. The first-order valence-corrected chi connectivity index (χ1v) is 6.94. The van der Waals surface area contributed by atoms with Gasteiger partial charge >= 0.3 is 5.97 Å². The highest BCUT2D eigenvalue weighted by Crippen LogP contribution is 2.47. The predicted octanol–water partition coefficient (Wildman–Crippen LogP) is 0.659. The Morgan fingerprint density at radius 1 is 1.43 bits per heavy atom. The van der Waals surface area contributed by atoms with Crippen LogP contribution in [0.3, 0.4) is 0 Å². The van der Waals surface area contributed by atoms with E-state index in [4.69, 9.17) is 9.47 Å². The lowest BCUT2D eigenvalue weighted by Crippen LogP contribution is -2.59. The third-order valence-electron chi connectivity index (χ3n) is 4.61. The zero-order valence-electron chi connectivity index (χ0n) is 12.5. The van der Waals surface area contributed by atoms with Crippen LogP contribution in [0.15, 0.2) is 12.1 Å². The van der Waals surface area contributed by atoms with Gasteiger partial charge in [0, 0.05) is 31.1 Å². The average Bonchev–Trinajstić information content (AvgIpc) is 2.83. The zero-order valence-corrected chi connectivity index (χ0v) is 12.5. The molecule has 21 heavy (non-hydrogen) atoms. The fourth-order valence-corrected chi connectivity index (χ4v) is 3.66. The molecule has 0 saturated carbocycles. The molecule has 2 aliphatic heterocycles. The molecule has 1 aromatic rings. The maximum atomic E-state index is 11.9. The van der Waals surface area contributed by atoms with Crippen LogP contribution in [0.4, 0.5) is 0 Å². The summed E-state index contributed by atoms with van der Waals surface area (Å²) in [5, 5.41) is 13.0. The van der Waals surface area contributed by atoms with Crippen molar-refractivity contribution in [3.8, 4) is 11.5 Å². The molecule has 0 aromatic heterocycles. The van der Waals surface area contributed by atoms with E-state index in [1.807, 2.05) is 24.1 Å². The van der Waals surface area contributed by atoms with Crippen molar-refractivity contribution in [2.45, 2.75) is 18.0 Å². The highest BCUT2D eigenvalue weighted by atomic mass is 16.5. The first-order chi connectivity index (χ1) is 10.0. The van der Waals surface area contributed by atoms with E-state index < -0.39 is 11.5 Å². The number of rotatable bonds is 3. The van der Waals surface area contributed by atoms with Gasteiger partial charge in [-0.1, -0.05) is 6.07 Å². The molecule has 2 heterocycles. The number of carbonyl (C=O) groups is 1. The fourth-order valence-electron chi connectivity index (χ4n) is 3.66. The minimum Gasteiger partial charge on any atom is -0.493 e. The Morgan fingerprint density at radius 3 is 2.81 bits per heavy atom. The SMILES string of the molecule is COc1ccc2c(c1OC)[C@H]1CN(C)C[C@]1(C(=O)O)NC2. The van der Waals surface area contributed by atoms with Crippen LogP contribution in [0.5, 0.6) is 11.5 Å². The van der Waals surface area contributed by atoms with Crippen molar-refractivity contribution < 1.29 is 19.4 Å². The second-order valence-corrected chi connectivity index (χ2v) is 5.75. The molecule has 2 N–H and O–H groups in total. The van der Waals surface area contributed by atoms with E-state index in [1.54, 1.807) is 14.2 Å². The Morgan fingerprint density at radius 2 is 2.19 bits per heavy atom. The predicted molar refractivity (Wildman–Crippen MR) is 77.0 cm³/mol. The van der Waals surface area contributed by atoms with Crippen molar-refractivity contribution in [2.24, 2.45) is 0 Å². The smallest absolute Gasteiger partial charge is 0.325 e. The number of likely N-dealkylation sites (tertiary alicyclic amines) is 1. The summed E-state index contributed by atoms with van der Waals surface area (Å²) in [5.74, 6) is 0.329. The number of hydrogen-bond donors (Lipinski definition) is 2. The molecular weight excluding hydrogens is 272 g/mol. The number of nitrogens with one attached hydrogen (secondary N) is 1. The Balaban J connectivity index is 2.19. The highest BCUT2D eigenvalue weighted by molar-refractivity contribution is 5.83. The number of likely N-dealkylation sites (N-methyl/N-ethyl adjacent to an activating group) is 1. The summed E-state index contributed by atoms with van der Waals surface area (Å²) >= 11 is 0. The number of methoxy groups -OCH3 is 2. The van der Waals surface area contributed by atoms with Crippen molar-refractivity contribution in [3.63, 3.8) is 0 Å². The normalized spacial score (nSPS) is 27.9. The lowest BCUT2D eigenvalue weighted by molar-refractivity contribution is -0.145. The average molecular weight is 292 g/mol. The molecule has 0 radical (unpaired) electrons. The van der Waals surface area contributed by atoms with Crippen LogP contribution < -0.4 is 14.8 Å².